The minimum Gasteiger partial charge on any atom is -0.481 e. The standard InChI is InChI=1S/C11H20O3/c1-3-10(11(12)13)8-5-4-6-9(7-8)14-2/h8-10H,3-7H2,1-2H3,(H,12,13). The molecule has 3 unspecified atom stereocenters. The van der Waals surface area contributed by atoms with Crippen molar-refractivity contribution in [1.29, 1.82) is 0 Å². The third-order valence-electron chi connectivity index (χ3n) is 3.33. The maximum atomic E-state index is 11.0. The van der Waals surface area contributed by atoms with Crippen molar-refractivity contribution in [3.8, 4) is 0 Å². The van der Waals surface area contributed by atoms with Gasteiger partial charge in [-0.05, 0) is 31.6 Å². The van der Waals surface area contributed by atoms with E-state index in [1.807, 2.05) is 6.92 Å². The molecule has 1 fully saturated rings. The minimum atomic E-state index is -0.644. The van der Waals surface area contributed by atoms with Gasteiger partial charge in [0, 0.05) is 7.11 Å². The third-order valence-corrected chi connectivity index (χ3v) is 3.33. The Morgan fingerprint density at radius 1 is 1.57 bits per heavy atom. The largest absolute Gasteiger partial charge is 0.481 e. The molecule has 0 radical (unpaired) electrons. The average Bonchev–Trinajstić information content (AvgIpc) is 2.19. The van der Waals surface area contributed by atoms with Gasteiger partial charge in [0.2, 0.25) is 0 Å². The highest BCUT2D eigenvalue weighted by atomic mass is 16.5. The molecule has 1 N–H and O–H groups in total. The summed E-state index contributed by atoms with van der Waals surface area (Å²) in [6.45, 7) is 1.95. The second kappa shape index (κ2) is 5.35. The number of ether oxygens (including phenoxy) is 1. The fourth-order valence-corrected chi connectivity index (χ4v) is 2.47. The summed E-state index contributed by atoms with van der Waals surface area (Å²) < 4.78 is 5.30. The van der Waals surface area contributed by atoms with Gasteiger partial charge in [0.25, 0.3) is 0 Å². The molecule has 0 spiro atoms. The summed E-state index contributed by atoms with van der Waals surface area (Å²) in [6.07, 6.45) is 5.17. The van der Waals surface area contributed by atoms with E-state index in [-0.39, 0.29) is 12.0 Å². The maximum absolute atomic E-state index is 11.0. The van der Waals surface area contributed by atoms with E-state index in [1.165, 1.54) is 0 Å². The van der Waals surface area contributed by atoms with Crippen molar-refractivity contribution >= 4 is 5.97 Å². The Kier molecular flexibility index (Phi) is 4.39. The lowest BCUT2D eigenvalue weighted by Crippen LogP contribution is -2.30. The minimum absolute atomic E-state index is 0.173. The molecule has 0 aromatic carbocycles. The molecule has 0 aromatic heterocycles. The molecular formula is C11H20O3. The highest BCUT2D eigenvalue weighted by Crippen LogP contribution is 2.33. The van der Waals surface area contributed by atoms with Crippen LogP contribution in [0.5, 0.6) is 0 Å². The zero-order valence-corrected chi connectivity index (χ0v) is 9.03. The van der Waals surface area contributed by atoms with E-state index >= 15 is 0 Å². The number of rotatable bonds is 4. The molecular weight excluding hydrogens is 180 g/mol. The van der Waals surface area contributed by atoms with Crippen molar-refractivity contribution in [3.63, 3.8) is 0 Å². The number of carboxylic acids is 1. The van der Waals surface area contributed by atoms with Crippen LogP contribution < -0.4 is 0 Å². The van der Waals surface area contributed by atoms with Gasteiger partial charge in [-0.2, -0.15) is 0 Å². The average molecular weight is 200 g/mol. The fourth-order valence-electron chi connectivity index (χ4n) is 2.47. The smallest absolute Gasteiger partial charge is 0.306 e. The van der Waals surface area contributed by atoms with Crippen molar-refractivity contribution in [2.24, 2.45) is 11.8 Å². The molecule has 0 aromatic rings. The summed E-state index contributed by atoms with van der Waals surface area (Å²) in [5.74, 6) is -0.501. The highest BCUT2D eigenvalue weighted by molar-refractivity contribution is 5.70. The summed E-state index contributed by atoms with van der Waals surface area (Å²) in [7, 11) is 1.72. The van der Waals surface area contributed by atoms with Gasteiger partial charge in [0.1, 0.15) is 0 Å². The molecule has 3 nitrogen and oxygen atoms in total. The van der Waals surface area contributed by atoms with E-state index in [0.717, 1.165) is 32.1 Å². The Balaban J connectivity index is 2.53. The van der Waals surface area contributed by atoms with Crippen LogP contribution in [0.25, 0.3) is 0 Å². The monoisotopic (exact) mass is 200 g/mol. The van der Waals surface area contributed by atoms with Crippen molar-refractivity contribution < 1.29 is 14.6 Å². The van der Waals surface area contributed by atoms with Crippen LogP contribution in [0.15, 0.2) is 0 Å². The Morgan fingerprint density at radius 3 is 2.79 bits per heavy atom. The molecule has 0 aliphatic heterocycles. The molecule has 0 saturated heterocycles. The van der Waals surface area contributed by atoms with Crippen molar-refractivity contribution in [1.82, 2.24) is 0 Å². The van der Waals surface area contributed by atoms with E-state index in [2.05, 4.69) is 0 Å². The first-order valence-corrected chi connectivity index (χ1v) is 5.44. The second-order valence-electron chi connectivity index (χ2n) is 4.14. The Labute approximate surface area is 85.5 Å². The Hall–Kier alpha value is -0.570. The second-order valence-corrected chi connectivity index (χ2v) is 4.14. The van der Waals surface area contributed by atoms with Crippen LogP contribution in [0, 0.1) is 11.8 Å². The summed E-state index contributed by atoms with van der Waals surface area (Å²) in [6, 6.07) is 0. The fraction of sp³-hybridized carbons (Fsp3) is 0.909. The van der Waals surface area contributed by atoms with Crippen LogP contribution in [-0.2, 0) is 9.53 Å². The first-order valence-electron chi connectivity index (χ1n) is 5.44. The summed E-state index contributed by atoms with van der Waals surface area (Å²) in [5.41, 5.74) is 0. The zero-order valence-electron chi connectivity index (χ0n) is 9.03. The lowest BCUT2D eigenvalue weighted by atomic mass is 9.77. The molecule has 1 saturated carbocycles. The van der Waals surface area contributed by atoms with E-state index in [0.29, 0.717) is 5.92 Å². The van der Waals surface area contributed by atoms with Gasteiger partial charge in [0.15, 0.2) is 0 Å². The van der Waals surface area contributed by atoms with Crippen LogP contribution in [0.1, 0.15) is 39.0 Å². The Morgan fingerprint density at radius 2 is 2.29 bits per heavy atom. The predicted molar refractivity (Wildman–Crippen MR) is 54.2 cm³/mol. The number of methoxy groups -OCH3 is 1. The molecule has 3 atom stereocenters. The molecule has 1 aliphatic rings. The topological polar surface area (TPSA) is 46.5 Å². The molecule has 0 bridgehead atoms. The number of hydrogen-bond acceptors (Lipinski definition) is 2. The molecule has 1 aliphatic carbocycles. The van der Waals surface area contributed by atoms with Gasteiger partial charge >= 0.3 is 5.97 Å². The first kappa shape index (κ1) is 11.5. The van der Waals surface area contributed by atoms with Gasteiger partial charge in [-0.3, -0.25) is 4.79 Å². The van der Waals surface area contributed by atoms with Gasteiger partial charge in [-0.25, -0.2) is 0 Å². The first-order chi connectivity index (χ1) is 6.69. The van der Waals surface area contributed by atoms with Gasteiger partial charge in [-0.15, -0.1) is 0 Å². The van der Waals surface area contributed by atoms with E-state index in [9.17, 15) is 4.79 Å². The predicted octanol–water partition coefficient (Wildman–Crippen LogP) is 2.30. The highest BCUT2D eigenvalue weighted by Gasteiger charge is 2.31. The van der Waals surface area contributed by atoms with Gasteiger partial charge in [-0.1, -0.05) is 13.3 Å². The van der Waals surface area contributed by atoms with Crippen LogP contribution in [0.2, 0.25) is 0 Å². The molecule has 14 heavy (non-hydrogen) atoms. The summed E-state index contributed by atoms with van der Waals surface area (Å²) in [4.78, 5) is 11.0. The Bertz CT molecular complexity index is 191. The molecule has 1 rings (SSSR count). The van der Waals surface area contributed by atoms with Crippen LogP contribution in [0.4, 0.5) is 0 Å². The van der Waals surface area contributed by atoms with Gasteiger partial charge in [0.05, 0.1) is 12.0 Å². The van der Waals surface area contributed by atoms with E-state index < -0.39 is 5.97 Å². The normalized spacial score (nSPS) is 29.9. The lowest BCUT2D eigenvalue weighted by molar-refractivity contribution is -0.145. The lowest BCUT2D eigenvalue weighted by Gasteiger charge is -2.31. The van der Waals surface area contributed by atoms with Crippen LogP contribution in [-0.4, -0.2) is 24.3 Å². The molecule has 0 amide bonds. The van der Waals surface area contributed by atoms with Gasteiger partial charge < -0.3 is 9.84 Å². The SMILES string of the molecule is CCC(C(=O)O)C1CCCC(OC)C1. The van der Waals surface area contributed by atoms with Crippen molar-refractivity contribution in [2.45, 2.75) is 45.1 Å². The zero-order chi connectivity index (χ0) is 10.6. The molecule has 0 heterocycles. The molecule has 82 valence electrons. The number of hydrogen-bond donors (Lipinski definition) is 1. The summed E-state index contributed by atoms with van der Waals surface area (Å²) in [5, 5.41) is 9.04. The third kappa shape index (κ3) is 2.71. The molecule has 3 heteroatoms. The summed E-state index contributed by atoms with van der Waals surface area (Å²) >= 11 is 0. The number of aliphatic carboxylic acids is 1. The quantitative estimate of drug-likeness (QED) is 0.757. The van der Waals surface area contributed by atoms with E-state index in [1.54, 1.807) is 7.11 Å². The number of carbonyl (C=O) groups is 1. The van der Waals surface area contributed by atoms with E-state index in [4.69, 9.17) is 9.84 Å². The maximum Gasteiger partial charge on any atom is 0.306 e. The van der Waals surface area contributed by atoms with Crippen LogP contribution in [0.3, 0.4) is 0 Å². The van der Waals surface area contributed by atoms with Crippen molar-refractivity contribution in [2.75, 3.05) is 7.11 Å². The van der Waals surface area contributed by atoms with Crippen LogP contribution >= 0.6 is 0 Å². The number of carboxylic acid groups (broad SMARTS) is 1. The van der Waals surface area contributed by atoms with Crippen molar-refractivity contribution in [3.05, 3.63) is 0 Å².